The number of hydrogen-bond acceptors (Lipinski definition) is 4. The molecule has 0 aliphatic rings. The summed E-state index contributed by atoms with van der Waals surface area (Å²) in [6.45, 7) is 1.10. The van der Waals surface area contributed by atoms with Gasteiger partial charge in [0.1, 0.15) is 0 Å². The van der Waals surface area contributed by atoms with Crippen molar-refractivity contribution >= 4 is 0 Å². The molecule has 2 unspecified atom stereocenters. The van der Waals surface area contributed by atoms with Crippen molar-refractivity contribution in [2.24, 2.45) is 0 Å². The largest absolute Gasteiger partial charge is 0.396 e. The molecule has 0 spiro atoms. The Morgan fingerprint density at radius 2 is 2.00 bits per heavy atom. The van der Waals surface area contributed by atoms with E-state index in [1.165, 1.54) is 0 Å². The summed E-state index contributed by atoms with van der Waals surface area (Å²) in [4.78, 5) is 0. The topological polar surface area (TPSA) is 61.7 Å². The number of aliphatic hydroxyl groups excluding tert-OH is 2. The molecule has 4 nitrogen and oxygen atoms in total. The van der Waals surface area contributed by atoms with Crippen molar-refractivity contribution in [3.05, 3.63) is 35.9 Å². The first-order chi connectivity index (χ1) is 8.27. The van der Waals surface area contributed by atoms with Gasteiger partial charge in [-0.05, 0) is 12.0 Å². The Morgan fingerprint density at radius 1 is 1.29 bits per heavy atom. The number of ether oxygens (including phenoxy) is 1. The van der Waals surface area contributed by atoms with E-state index in [4.69, 9.17) is 9.84 Å². The van der Waals surface area contributed by atoms with Crippen molar-refractivity contribution in [1.29, 1.82) is 0 Å². The Labute approximate surface area is 102 Å². The highest BCUT2D eigenvalue weighted by Gasteiger charge is 2.11. The van der Waals surface area contributed by atoms with Gasteiger partial charge < -0.3 is 20.3 Å². The van der Waals surface area contributed by atoms with Crippen molar-refractivity contribution in [3.8, 4) is 0 Å². The van der Waals surface area contributed by atoms with Crippen molar-refractivity contribution in [1.82, 2.24) is 5.32 Å². The Bertz CT molecular complexity index is 286. The summed E-state index contributed by atoms with van der Waals surface area (Å²) in [5, 5.41) is 22.0. The third-order valence-corrected chi connectivity index (χ3v) is 2.63. The lowest BCUT2D eigenvalue weighted by molar-refractivity contribution is 0.127. The molecule has 4 heteroatoms. The van der Waals surface area contributed by atoms with E-state index < -0.39 is 6.10 Å². The third-order valence-electron chi connectivity index (χ3n) is 2.63. The first-order valence-electron chi connectivity index (χ1n) is 5.84. The van der Waals surface area contributed by atoms with Crippen molar-refractivity contribution < 1.29 is 14.9 Å². The molecule has 0 radical (unpaired) electrons. The van der Waals surface area contributed by atoms with Crippen LogP contribution in [0.25, 0.3) is 0 Å². The highest BCUT2D eigenvalue weighted by atomic mass is 16.5. The van der Waals surface area contributed by atoms with Crippen LogP contribution in [0.15, 0.2) is 30.3 Å². The minimum atomic E-state index is -0.533. The number of benzene rings is 1. The van der Waals surface area contributed by atoms with Gasteiger partial charge in [0.05, 0.1) is 12.7 Å². The van der Waals surface area contributed by atoms with Crippen LogP contribution >= 0.6 is 0 Å². The van der Waals surface area contributed by atoms with E-state index in [-0.39, 0.29) is 12.6 Å². The summed E-state index contributed by atoms with van der Waals surface area (Å²) in [7, 11) is 1.62. The Morgan fingerprint density at radius 3 is 2.59 bits per heavy atom. The first-order valence-corrected chi connectivity index (χ1v) is 5.84. The lowest BCUT2D eigenvalue weighted by Gasteiger charge is -2.19. The zero-order valence-electron chi connectivity index (χ0n) is 10.2. The van der Waals surface area contributed by atoms with Gasteiger partial charge in [-0.1, -0.05) is 30.3 Å². The van der Waals surface area contributed by atoms with Crippen LogP contribution in [0.1, 0.15) is 18.1 Å². The van der Waals surface area contributed by atoms with Crippen LogP contribution in [-0.4, -0.2) is 43.1 Å². The lowest BCUT2D eigenvalue weighted by Crippen LogP contribution is -2.36. The normalized spacial score (nSPS) is 14.5. The lowest BCUT2D eigenvalue weighted by atomic mass is 10.1. The molecule has 0 bridgehead atoms. The highest BCUT2D eigenvalue weighted by molar-refractivity contribution is 5.17. The summed E-state index contributed by atoms with van der Waals surface area (Å²) < 4.78 is 5.04. The van der Waals surface area contributed by atoms with Crippen LogP contribution < -0.4 is 5.32 Å². The smallest absolute Gasteiger partial charge is 0.0914 e. The summed E-state index contributed by atoms with van der Waals surface area (Å²) in [5.74, 6) is 0. The minimum absolute atomic E-state index is 0.0726. The predicted molar refractivity (Wildman–Crippen MR) is 66.8 cm³/mol. The number of rotatable bonds is 8. The van der Waals surface area contributed by atoms with Gasteiger partial charge in [-0.15, -0.1) is 0 Å². The van der Waals surface area contributed by atoms with Crippen molar-refractivity contribution in [3.63, 3.8) is 0 Å². The van der Waals surface area contributed by atoms with Crippen LogP contribution in [0.3, 0.4) is 0 Å². The van der Waals surface area contributed by atoms with Crippen LogP contribution in [0, 0.1) is 0 Å². The van der Waals surface area contributed by atoms with Gasteiger partial charge in [-0.25, -0.2) is 0 Å². The van der Waals surface area contributed by atoms with Gasteiger partial charge in [0.25, 0.3) is 0 Å². The quantitative estimate of drug-likeness (QED) is 0.625. The molecule has 0 aliphatic heterocycles. The molecule has 17 heavy (non-hydrogen) atoms. The molecule has 0 saturated heterocycles. The SMILES string of the molecule is COCC(CCO)NCC(O)c1ccccc1. The fraction of sp³-hybridized carbons (Fsp3) is 0.538. The van der Waals surface area contributed by atoms with E-state index in [2.05, 4.69) is 5.32 Å². The maximum absolute atomic E-state index is 9.94. The fourth-order valence-corrected chi connectivity index (χ4v) is 1.67. The molecule has 1 aromatic carbocycles. The molecule has 0 aromatic heterocycles. The average molecular weight is 239 g/mol. The molecule has 0 saturated carbocycles. The minimum Gasteiger partial charge on any atom is -0.396 e. The molecule has 1 rings (SSSR count). The number of nitrogens with one attached hydrogen (secondary N) is 1. The van der Waals surface area contributed by atoms with Gasteiger partial charge in [0.15, 0.2) is 0 Å². The maximum Gasteiger partial charge on any atom is 0.0914 e. The van der Waals surface area contributed by atoms with Crippen molar-refractivity contribution in [2.45, 2.75) is 18.6 Å². The summed E-state index contributed by atoms with van der Waals surface area (Å²) in [6, 6.07) is 9.58. The average Bonchev–Trinajstić information content (AvgIpc) is 2.37. The standard InChI is InChI=1S/C13H21NO3/c1-17-10-12(7-8-15)14-9-13(16)11-5-3-2-4-6-11/h2-6,12-16H,7-10H2,1H3. The second-order valence-corrected chi connectivity index (χ2v) is 4.00. The zero-order chi connectivity index (χ0) is 12.5. The second kappa shape index (κ2) is 8.20. The predicted octanol–water partition coefficient (Wildman–Crippen LogP) is 0.707. The number of hydrogen-bond donors (Lipinski definition) is 3. The molecule has 0 fully saturated rings. The van der Waals surface area contributed by atoms with Crippen LogP contribution in [0.2, 0.25) is 0 Å². The molecule has 2 atom stereocenters. The van der Waals surface area contributed by atoms with Crippen LogP contribution in [-0.2, 0) is 4.74 Å². The van der Waals surface area contributed by atoms with Gasteiger partial charge >= 0.3 is 0 Å². The summed E-state index contributed by atoms with van der Waals surface area (Å²) in [5.41, 5.74) is 0.889. The first kappa shape index (κ1) is 14.1. The maximum atomic E-state index is 9.94. The molecule has 0 heterocycles. The summed E-state index contributed by atoms with van der Waals surface area (Å²) >= 11 is 0. The monoisotopic (exact) mass is 239 g/mol. The van der Waals surface area contributed by atoms with Gasteiger partial charge in [0, 0.05) is 26.3 Å². The second-order valence-electron chi connectivity index (χ2n) is 4.00. The van der Waals surface area contributed by atoms with E-state index in [1.807, 2.05) is 30.3 Å². The fourth-order valence-electron chi connectivity index (χ4n) is 1.67. The Hall–Kier alpha value is -0.940. The molecule has 96 valence electrons. The van der Waals surface area contributed by atoms with E-state index in [0.717, 1.165) is 5.56 Å². The Kier molecular flexibility index (Phi) is 6.81. The molecular weight excluding hydrogens is 218 g/mol. The van der Waals surface area contributed by atoms with E-state index >= 15 is 0 Å². The van der Waals surface area contributed by atoms with Gasteiger partial charge in [-0.2, -0.15) is 0 Å². The summed E-state index contributed by atoms with van der Waals surface area (Å²) in [6.07, 6.45) is 0.0873. The molecular formula is C13H21NO3. The van der Waals surface area contributed by atoms with E-state index in [1.54, 1.807) is 7.11 Å². The van der Waals surface area contributed by atoms with Crippen LogP contribution in [0.4, 0.5) is 0 Å². The number of aliphatic hydroxyl groups is 2. The molecule has 3 N–H and O–H groups in total. The third kappa shape index (κ3) is 5.28. The van der Waals surface area contributed by atoms with Crippen molar-refractivity contribution in [2.75, 3.05) is 26.9 Å². The molecule has 1 aromatic rings. The Balaban J connectivity index is 2.38. The van der Waals surface area contributed by atoms with Gasteiger partial charge in [-0.3, -0.25) is 0 Å². The zero-order valence-corrected chi connectivity index (χ0v) is 10.2. The van der Waals surface area contributed by atoms with E-state index in [9.17, 15) is 5.11 Å². The van der Waals surface area contributed by atoms with E-state index in [0.29, 0.717) is 19.6 Å². The van der Waals surface area contributed by atoms with Crippen LogP contribution in [0.5, 0.6) is 0 Å². The number of methoxy groups -OCH3 is 1. The molecule has 0 amide bonds. The molecule has 0 aliphatic carbocycles. The highest BCUT2D eigenvalue weighted by Crippen LogP contribution is 2.10. The van der Waals surface area contributed by atoms with Gasteiger partial charge in [0.2, 0.25) is 0 Å².